The predicted octanol–water partition coefficient (Wildman–Crippen LogP) is 3.06. The lowest BCUT2D eigenvalue weighted by Gasteiger charge is -2.24. The zero-order valence-corrected chi connectivity index (χ0v) is 8.53. The molecule has 1 atom stereocenters. The molecule has 0 radical (unpaired) electrons. The van der Waals surface area contributed by atoms with Crippen LogP contribution in [0.1, 0.15) is 25.8 Å². The highest BCUT2D eigenvalue weighted by molar-refractivity contribution is 6.31. The van der Waals surface area contributed by atoms with Gasteiger partial charge in [0.25, 0.3) is 0 Å². The van der Waals surface area contributed by atoms with Gasteiger partial charge in [0.05, 0.1) is 0 Å². The van der Waals surface area contributed by atoms with E-state index in [0.717, 1.165) is 0 Å². The van der Waals surface area contributed by atoms with Crippen LogP contribution in [0.2, 0.25) is 5.02 Å². The smallest absolute Gasteiger partial charge is 0.129 e. The highest BCUT2D eigenvalue weighted by Crippen LogP contribution is 2.30. The van der Waals surface area contributed by atoms with Gasteiger partial charge in [0.15, 0.2) is 0 Å². The molecule has 0 aliphatic carbocycles. The number of benzene rings is 1. The molecule has 13 heavy (non-hydrogen) atoms. The zero-order valence-electron chi connectivity index (χ0n) is 7.77. The molecule has 0 unspecified atom stereocenters. The lowest BCUT2D eigenvalue weighted by atomic mass is 9.90. The van der Waals surface area contributed by atoms with Gasteiger partial charge in [0.1, 0.15) is 5.82 Å². The summed E-state index contributed by atoms with van der Waals surface area (Å²) in [6.07, 6.45) is 0.646. The van der Waals surface area contributed by atoms with Crippen molar-refractivity contribution in [2.45, 2.75) is 25.8 Å². The Kier molecular flexibility index (Phi) is 2.94. The van der Waals surface area contributed by atoms with Crippen LogP contribution in [0.4, 0.5) is 4.39 Å². The van der Waals surface area contributed by atoms with Crippen LogP contribution in [0.25, 0.3) is 0 Å². The summed E-state index contributed by atoms with van der Waals surface area (Å²) in [5.74, 6) is -0.334. The molecule has 1 nitrogen and oxygen atoms in total. The molecule has 0 fully saturated rings. The van der Waals surface area contributed by atoms with Crippen LogP contribution in [-0.4, -0.2) is 0 Å². The molecule has 0 aliphatic rings. The van der Waals surface area contributed by atoms with Crippen molar-refractivity contribution in [3.63, 3.8) is 0 Å². The van der Waals surface area contributed by atoms with Crippen molar-refractivity contribution in [2.24, 2.45) is 5.73 Å². The molecular weight excluding hydrogens is 189 g/mol. The van der Waals surface area contributed by atoms with Crippen LogP contribution >= 0.6 is 11.6 Å². The van der Waals surface area contributed by atoms with Gasteiger partial charge >= 0.3 is 0 Å². The van der Waals surface area contributed by atoms with E-state index in [9.17, 15) is 4.39 Å². The molecule has 0 aliphatic heterocycles. The quantitative estimate of drug-likeness (QED) is 0.782. The van der Waals surface area contributed by atoms with Crippen LogP contribution in [0.15, 0.2) is 18.2 Å². The Hall–Kier alpha value is -0.600. The second-order valence-electron chi connectivity index (χ2n) is 3.37. The zero-order chi connectivity index (χ0) is 10.1. The van der Waals surface area contributed by atoms with Gasteiger partial charge < -0.3 is 5.73 Å². The minimum absolute atomic E-state index is 0.334. The first kappa shape index (κ1) is 10.5. The molecule has 0 saturated heterocycles. The Balaban J connectivity index is 3.28. The molecule has 0 amide bonds. The number of hydrogen-bond acceptors (Lipinski definition) is 1. The number of halogens is 2. The molecule has 1 aromatic rings. The largest absolute Gasteiger partial charge is 0.321 e. The van der Waals surface area contributed by atoms with Crippen molar-refractivity contribution in [3.05, 3.63) is 34.6 Å². The minimum Gasteiger partial charge on any atom is -0.321 e. The maximum atomic E-state index is 13.4. The average Bonchev–Trinajstić information content (AvgIpc) is 2.03. The monoisotopic (exact) mass is 201 g/mol. The number of hydrogen-bond donors (Lipinski definition) is 1. The third-order valence-corrected chi connectivity index (χ3v) is 2.58. The predicted molar refractivity (Wildman–Crippen MR) is 53.2 cm³/mol. The topological polar surface area (TPSA) is 26.0 Å². The SMILES string of the molecule is CC[C@@](C)(N)c1c(F)cccc1Cl. The summed E-state index contributed by atoms with van der Waals surface area (Å²) < 4.78 is 13.4. The molecular formula is C10H13ClFN. The highest BCUT2D eigenvalue weighted by atomic mass is 35.5. The van der Waals surface area contributed by atoms with Crippen molar-refractivity contribution in [3.8, 4) is 0 Å². The summed E-state index contributed by atoms with van der Waals surface area (Å²) in [6.45, 7) is 3.68. The van der Waals surface area contributed by atoms with E-state index in [1.165, 1.54) is 6.07 Å². The van der Waals surface area contributed by atoms with Crippen LogP contribution in [-0.2, 0) is 5.54 Å². The van der Waals surface area contributed by atoms with E-state index in [1.54, 1.807) is 19.1 Å². The molecule has 0 bridgehead atoms. The first-order valence-electron chi connectivity index (χ1n) is 4.22. The molecule has 1 rings (SSSR count). The summed E-state index contributed by atoms with van der Waals surface area (Å²) in [6, 6.07) is 4.61. The third-order valence-electron chi connectivity index (χ3n) is 2.27. The van der Waals surface area contributed by atoms with E-state index < -0.39 is 5.54 Å². The Morgan fingerprint density at radius 3 is 2.62 bits per heavy atom. The van der Waals surface area contributed by atoms with Gasteiger partial charge in [-0.2, -0.15) is 0 Å². The lowest BCUT2D eigenvalue weighted by Crippen LogP contribution is -2.33. The van der Waals surface area contributed by atoms with Gasteiger partial charge in [-0.3, -0.25) is 0 Å². The lowest BCUT2D eigenvalue weighted by molar-refractivity contribution is 0.446. The van der Waals surface area contributed by atoms with Gasteiger partial charge in [0, 0.05) is 16.1 Å². The fraction of sp³-hybridized carbons (Fsp3) is 0.400. The van der Waals surface area contributed by atoms with E-state index in [-0.39, 0.29) is 5.82 Å². The first-order chi connectivity index (χ1) is 5.99. The highest BCUT2D eigenvalue weighted by Gasteiger charge is 2.25. The average molecular weight is 202 g/mol. The normalized spacial score (nSPS) is 15.5. The van der Waals surface area contributed by atoms with Crippen LogP contribution in [0.3, 0.4) is 0 Å². The van der Waals surface area contributed by atoms with E-state index in [1.807, 2.05) is 6.92 Å². The molecule has 0 heterocycles. The summed E-state index contributed by atoms with van der Waals surface area (Å²) in [4.78, 5) is 0. The van der Waals surface area contributed by atoms with Gasteiger partial charge in [-0.25, -0.2) is 4.39 Å². The van der Waals surface area contributed by atoms with Gasteiger partial charge in [-0.05, 0) is 25.5 Å². The molecule has 72 valence electrons. The van der Waals surface area contributed by atoms with Gasteiger partial charge in [0.2, 0.25) is 0 Å². The maximum Gasteiger partial charge on any atom is 0.129 e. The fourth-order valence-electron chi connectivity index (χ4n) is 1.22. The standard InChI is InChI=1S/C10H13ClFN/c1-3-10(2,13)9-7(11)5-4-6-8(9)12/h4-6H,3,13H2,1-2H3/t10-/m1/s1. The Bertz CT molecular complexity index is 290. The van der Waals surface area contributed by atoms with Crippen LogP contribution < -0.4 is 5.73 Å². The second-order valence-corrected chi connectivity index (χ2v) is 3.77. The van der Waals surface area contributed by atoms with E-state index in [0.29, 0.717) is 17.0 Å². The maximum absolute atomic E-state index is 13.4. The van der Waals surface area contributed by atoms with Crippen LogP contribution in [0.5, 0.6) is 0 Å². The van der Waals surface area contributed by atoms with Gasteiger partial charge in [-0.1, -0.05) is 24.6 Å². The summed E-state index contributed by atoms with van der Waals surface area (Å²) in [7, 11) is 0. The Morgan fingerprint density at radius 2 is 2.15 bits per heavy atom. The van der Waals surface area contributed by atoms with Crippen molar-refractivity contribution in [1.29, 1.82) is 0 Å². The summed E-state index contributed by atoms with van der Waals surface area (Å²) >= 11 is 5.87. The van der Waals surface area contributed by atoms with Gasteiger partial charge in [-0.15, -0.1) is 0 Å². The fourth-order valence-corrected chi connectivity index (χ4v) is 1.60. The minimum atomic E-state index is -0.692. The molecule has 3 heteroatoms. The molecule has 0 aromatic heterocycles. The van der Waals surface area contributed by atoms with Crippen molar-refractivity contribution < 1.29 is 4.39 Å². The number of nitrogens with two attached hydrogens (primary N) is 1. The number of rotatable bonds is 2. The van der Waals surface area contributed by atoms with Crippen LogP contribution in [0, 0.1) is 5.82 Å². The van der Waals surface area contributed by atoms with Crippen molar-refractivity contribution in [1.82, 2.24) is 0 Å². The molecule has 0 saturated carbocycles. The molecule has 1 aromatic carbocycles. The van der Waals surface area contributed by atoms with E-state index in [2.05, 4.69) is 0 Å². The molecule has 0 spiro atoms. The van der Waals surface area contributed by atoms with Crippen molar-refractivity contribution >= 4 is 11.6 Å². The Morgan fingerprint density at radius 1 is 1.54 bits per heavy atom. The third kappa shape index (κ3) is 2.01. The first-order valence-corrected chi connectivity index (χ1v) is 4.60. The summed E-state index contributed by atoms with van der Waals surface area (Å²) in [5, 5.41) is 0.395. The second kappa shape index (κ2) is 3.64. The Labute approximate surface area is 82.7 Å². The summed E-state index contributed by atoms with van der Waals surface area (Å²) in [5.41, 5.74) is 5.62. The van der Waals surface area contributed by atoms with E-state index in [4.69, 9.17) is 17.3 Å². The van der Waals surface area contributed by atoms with Crippen molar-refractivity contribution in [2.75, 3.05) is 0 Å². The van der Waals surface area contributed by atoms with E-state index >= 15 is 0 Å². The molecule has 2 N–H and O–H groups in total.